The van der Waals surface area contributed by atoms with Gasteiger partial charge < -0.3 is 15.4 Å². The highest BCUT2D eigenvalue weighted by Gasteiger charge is 2.36. The van der Waals surface area contributed by atoms with Gasteiger partial charge in [0.05, 0.1) is 22.2 Å². The van der Waals surface area contributed by atoms with Crippen molar-refractivity contribution in [1.82, 2.24) is 15.3 Å². The Hall–Kier alpha value is -1.88. The van der Waals surface area contributed by atoms with Crippen molar-refractivity contribution in [2.24, 2.45) is 0 Å². The zero-order valence-electron chi connectivity index (χ0n) is 13.0. The van der Waals surface area contributed by atoms with E-state index >= 15 is 0 Å². The quantitative estimate of drug-likeness (QED) is 0.789. The van der Waals surface area contributed by atoms with Gasteiger partial charge in [-0.3, -0.25) is 4.79 Å². The molecule has 0 aliphatic carbocycles. The van der Waals surface area contributed by atoms with Crippen LogP contribution in [0.4, 0.5) is 0 Å². The molecule has 0 bridgehead atoms. The number of H-pyrrole nitrogens is 1. The fraction of sp³-hybridized carbons (Fsp3) is 0.500. The summed E-state index contributed by atoms with van der Waals surface area (Å²) < 4.78 is 0. The number of aromatic nitrogens is 2. The van der Waals surface area contributed by atoms with Crippen molar-refractivity contribution >= 4 is 16.9 Å². The number of carbonyl (C=O) groups excluding carboxylic acids is 1. The third-order valence-electron chi connectivity index (χ3n) is 4.01. The van der Waals surface area contributed by atoms with Gasteiger partial charge in [0.25, 0.3) is 0 Å². The number of imidazole rings is 1. The molecule has 2 aromatic rings. The molecule has 21 heavy (non-hydrogen) atoms. The van der Waals surface area contributed by atoms with Crippen molar-refractivity contribution in [3.63, 3.8) is 0 Å². The lowest BCUT2D eigenvalue weighted by Crippen LogP contribution is -2.57. The Morgan fingerprint density at radius 3 is 2.57 bits per heavy atom. The number of aliphatic hydroxyl groups is 1. The number of fused-ring (bicyclic) bond motifs is 1. The van der Waals surface area contributed by atoms with E-state index in [1.165, 1.54) is 0 Å². The number of amides is 1. The van der Waals surface area contributed by atoms with Crippen molar-refractivity contribution in [1.29, 1.82) is 0 Å². The maximum absolute atomic E-state index is 12.0. The minimum Gasteiger partial charge on any atom is -0.388 e. The summed E-state index contributed by atoms with van der Waals surface area (Å²) in [5.41, 5.74) is 0.217. The molecule has 0 fully saturated rings. The molecule has 1 amide bonds. The number of para-hydroxylation sites is 2. The van der Waals surface area contributed by atoms with Crippen LogP contribution in [0.5, 0.6) is 0 Å². The number of carbonyl (C=O) groups is 1. The SMILES string of the molecule is CC(C)(O)C(C)(C)NC(=O)CCc1nc2ccccc2[nH]1. The summed E-state index contributed by atoms with van der Waals surface area (Å²) in [6, 6.07) is 7.78. The number of hydrogen-bond acceptors (Lipinski definition) is 3. The maximum Gasteiger partial charge on any atom is 0.220 e. The fourth-order valence-corrected chi connectivity index (χ4v) is 1.92. The van der Waals surface area contributed by atoms with Gasteiger partial charge in [-0.15, -0.1) is 0 Å². The van der Waals surface area contributed by atoms with Crippen molar-refractivity contribution in [3.8, 4) is 0 Å². The normalized spacial score (nSPS) is 12.6. The van der Waals surface area contributed by atoms with Gasteiger partial charge in [-0.25, -0.2) is 4.98 Å². The van der Waals surface area contributed by atoms with E-state index in [1.807, 2.05) is 38.1 Å². The first kappa shape index (κ1) is 15.5. The summed E-state index contributed by atoms with van der Waals surface area (Å²) in [7, 11) is 0. The molecule has 5 nitrogen and oxygen atoms in total. The van der Waals surface area contributed by atoms with Crippen LogP contribution in [0.3, 0.4) is 0 Å². The number of hydrogen-bond donors (Lipinski definition) is 3. The fourth-order valence-electron chi connectivity index (χ4n) is 1.92. The lowest BCUT2D eigenvalue weighted by Gasteiger charge is -2.38. The number of nitrogens with zero attached hydrogens (tertiary/aromatic N) is 1. The summed E-state index contributed by atoms with van der Waals surface area (Å²) in [5, 5.41) is 12.9. The number of nitrogens with one attached hydrogen (secondary N) is 2. The van der Waals surface area contributed by atoms with Crippen LogP contribution >= 0.6 is 0 Å². The molecule has 1 aromatic heterocycles. The molecule has 0 aliphatic heterocycles. The molecule has 0 aliphatic rings. The van der Waals surface area contributed by atoms with Crippen LogP contribution in [0.2, 0.25) is 0 Å². The highest BCUT2D eigenvalue weighted by atomic mass is 16.3. The molecule has 1 heterocycles. The Kier molecular flexibility index (Phi) is 4.05. The van der Waals surface area contributed by atoms with Crippen LogP contribution in [0.1, 0.15) is 39.9 Å². The summed E-state index contributed by atoms with van der Waals surface area (Å²) in [4.78, 5) is 19.7. The molecular weight excluding hydrogens is 266 g/mol. The lowest BCUT2D eigenvalue weighted by molar-refractivity contribution is -0.126. The predicted molar refractivity (Wildman–Crippen MR) is 82.9 cm³/mol. The molecule has 0 atom stereocenters. The summed E-state index contributed by atoms with van der Waals surface area (Å²) in [6.07, 6.45) is 0.877. The third kappa shape index (κ3) is 3.61. The van der Waals surface area contributed by atoms with E-state index in [0.717, 1.165) is 16.9 Å². The average molecular weight is 289 g/mol. The Balaban J connectivity index is 1.95. The largest absolute Gasteiger partial charge is 0.388 e. The summed E-state index contributed by atoms with van der Waals surface area (Å²) in [5.74, 6) is 0.704. The predicted octanol–water partition coefficient (Wildman–Crippen LogP) is 2.16. The smallest absolute Gasteiger partial charge is 0.220 e. The molecule has 1 aromatic carbocycles. The van der Waals surface area contributed by atoms with E-state index in [2.05, 4.69) is 15.3 Å². The highest BCUT2D eigenvalue weighted by Crippen LogP contribution is 2.20. The summed E-state index contributed by atoms with van der Waals surface area (Å²) >= 11 is 0. The Morgan fingerprint density at radius 1 is 1.29 bits per heavy atom. The maximum atomic E-state index is 12.0. The van der Waals surface area contributed by atoms with Gasteiger partial charge in [0.1, 0.15) is 5.82 Å². The topological polar surface area (TPSA) is 78.0 Å². The standard InChI is InChI=1S/C16H23N3O2/c1-15(2,16(3,4)21)19-14(20)10-9-13-17-11-7-5-6-8-12(11)18-13/h5-8,21H,9-10H2,1-4H3,(H,17,18)(H,19,20). The van der Waals surface area contributed by atoms with Gasteiger partial charge in [-0.1, -0.05) is 12.1 Å². The zero-order valence-corrected chi connectivity index (χ0v) is 13.0. The van der Waals surface area contributed by atoms with E-state index in [-0.39, 0.29) is 5.91 Å². The highest BCUT2D eigenvalue weighted by molar-refractivity contribution is 5.78. The first-order valence-electron chi connectivity index (χ1n) is 7.16. The minimum absolute atomic E-state index is 0.0948. The second kappa shape index (κ2) is 5.48. The lowest BCUT2D eigenvalue weighted by atomic mass is 9.86. The molecule has 0 spiro atoms. The van der Waals surface area contributed by atoms with Gasteiger partial charge in [0.15, 0.2) is 0 Å². The van der Waals surface area contributed by atoms with Crippen LogP contribution in [0.25, 0.3) is 11.0 Å². The van der Waals surface area contributed by atoms with Crippen LogP contribution in [-0.4, -0.2) is 32.1 Å². The number of aryl methyl sites for hydroxylation is 1. The van der Waals surface area contributed by atoms with Crippen LogP contribution < -0.4 is 5.32 Å². The Bertz CT molecular complexity index is 605. The average Bonchev–Trinajstić information content (AvgIpc) is 2.77. The molecular formula is C16H23N3O2. The van der Waals surface area contributed by atoms with E-state index in [1.54, 1.807) is 13.8 Å². The minimum atomic E-state index is -0.984. The Labute approximate surface area is 124 Å². The molecule has 3 N–H and O–H groups in total. The van der Waals surface area contributed by atoms with E-state index < -0.39 is 11.1 Å². The first-order chi connectivity index (χ1) is 9.69. The molecule has 5 heteroatoms. The van der Waals surface area contributed by atoms with Crippen molar-refractivity contribution in [2.75, 3.05) is 0 Å². The van der Waals surface area contributed by atoms with E-state index in [4.69, 9.17) is 0 Å². The Morgan fingerprint density at radius 2 is 1.95 bits per heavy atom. The van der Waals surface area contributed by atoms with Gasteiger partial charge in [-0.2, -0.15) is 0 Å². The first-order valence-corrected chi connectivity index (χ1v) is 7.16. The van der Waals surface area contributed by atoms with Crippen molar-refractivity contribution < 1.29 is 9.90 Å². The molecule has 0 saturated heterocycles. The monoisotopic (exact) mass is 289 g/mol. The number of rotatable bonds is 5. The van der Waals surface area contributed by atoms with Gasteiger partial charge in [-0.05, 0) is 39.8 Å². The van der Waals surface area contributed by atoms with Gasteiger partial charge in [0.2, 0.25) is 5.91 Å². The summed E-state index contributed by atoms with van der Waals surface area (Å²) in [6.45, 7) is 7.00. The van der Waals surface area contributed by atoms with E-state index in [9.17, 15) is 9.90 Å². The third-order valence-corrected chi connectivity index (χ3v) is 4.01. The van der Waals surface area contributed by atoms with E-state index in [0.29, 0.717) is 12.8 Å². The molecule has 0 unspecified atom stereocenters. The molecule has 2 rings (SSSR count). The second-order valence-electron chi connectivity index (χ2n) is 6.43. The molecule has 0 radical (unpaired) electrons. The van der Waals surface area contributed by atoms with Crippen molar-refractivity contribution in [2.45, 2.75) is 51.7 Å². The van der Waals surface area contributed by atoms with Gasteiger partial charge in [0, 0.05) is 12.8 Å². The van der Waals surface area contributed by atoms with Crippen LogP contribution in [0, 0.1) is 0 Å². The van der Waals surface area contributed by atoms with Crippen LogP contribution in [-0.2, 0) is 11.2 Å². The van der Waals surface area contributed by atoms with Crippen molar-refractivity contribution in [3.05, 3.63) is 30.1 Å². The molecule has 0 saturated carbocycles. The zero-order chi connectivity index (χ0) is 15.7. The number of benzene rings is 1. The van der Waals surface area contributed by atoms with Gasteiger partial charge >= 0.3 is 0 Å². The van der Waals surface area contributed by atoms with Crippen LogP contribution in [0.15, 0.2) is 24.3 Å². The molecule has 114 valence electrons. The number of aromatic amines is 1. The second-order valence-corrected chi connectivity index (χ2v) is 6.43.